The first-order valence-corrected chi connectivity index (χ1v) is 6.12. The van der Waals surface area contributed by atoms with E-state index in [-0.39, 0.29) is 18.4 Å². The first kappa shape index (κ1) is 13.8. The molecule has 0 saturated heterocycles. The van der Waals surface area contributed by atoms with E-state index in [0.29, 0.717) is 17.0 Å². The number of rotatable bonds is 4. The standard InChI is InChI=1S/C14H15N3O3/c1-9-6-13(20-17-9)8-15-14(19)16-12-5-3-4-11(7-12)10(2)18/h3-7H,8H2,1-2H3,(H2,15,16,19). The lowest BCUT2D eigenvalue weighted by atomic mass is 10.1. The molecule has 6 nitrogen and oxygen atoms in total. The Kier molecular flexibility index (Phi) is 4.14. The van der Waals surface area contributed by atoms with Crippen molar-refractivity contribution in [2.75, 3.05) is 5.32 Å². The number of nitrogens with one attached hydrogen (secondary N) is 2. The molecule has 1 aromatic heterocycles. The molecule has 0 aliphatic rings. The summed E-state index contributed by atoms with van der Waals surface area (Å²) in [6.45, 7) is 3.53. The van der Waals surface area contributed by atoms with E-state index < -0.39 is 0 Å². The van der Waals surface area contributed by atoms with Crippen LogP contribution in [0.25, 0.3) is 0 Å². The molecule has 0 spiro atoms. The number of amides is 2. The zero-order valence-corrected chi connectivity index (χ0v) is 11.3. The minimum Gasteiger partial charge on any atom is -0.359 e. The van der Waals surface area contributed by atoms with Crippen LogP contribution < -0.4 is 10.6 Å². The van der Waals surface area contributed by atoms with Crippen LogP contribution in [0.2, 0.25) is 0 Å². The second-order valence-electron chi connectivity index (χ2n) is 4.38. The van der Waals surface area contributed by atoms with Crippen molar-refractivity contribution < 1.29 is 14.1 Å². The summed E-state index contributed by atoms with van der Waals surface area (Å²) in [5, 5.41) is 9.02. The van der Waals surface area contributed by atoms with Crippen LogP contribution in [0.1, 0.15) is 28.7 Å². The molecule has 0 fully saturated rings. The largest absolute Gasteiger partial charge is 0.359 e. The first-order chi connectivity index (χ1) is 9.54. The maximum absolute atomic E-state index is 11.7. The molecule has 1 heterocycles. The van der Waals surface area contributed by atoms with Gasteiger partial charge < -0.3 is 15.2 Å². The quantitative estimate of drug-likeness (QED) is 0.838. The van der Waals surface area contributed by atoms with Gasteiger partial charge in [-0.25, -0.2) is 4.79 Å². The fourth-order valence-corrected chi connectivity index (χ4v) is 1.66. The van der Waals surface area contributed by atoms with E-state index in [4.69, 9.17) is 4.52 Å². The molecule has 2 amide bonds. The summed E-state index contributed by atoms with van der Waals surface area (Å²) < 4.78 is 4.98. The first-order valence-electron chi connectivity index (χ1n) is 6.12. The molecule has 0 aliphatic heterocycles. The SMILES string of the molecule is CC(=O)c1cccc(NC(=O)NCc2cc(C)no2)c1. The summed E-state index contributed by atoms with van der Waals surface area (Å²) in [7, 11) is 0. The normalized spacial score (nSPS) is 10.1. The Labute approximate surface area is 116 Å². The molecule has 0 bridgehead atoms. The second-order valence-corrected chi connectivity index (χ2v) is 4.38. The van der Waals surface area contributed by atoms with E-state index in [2.05, 4.69) is 15.8 Å². The van der Waals surface area contributed by atoms with Gasteiger partial charge in [0.2, 0.25) is 0 Å². The van der Waals surface area contributed by atoms with E-state index in [1.54, 1.807) is 37.3 Å². The van der Waals surface area contributed by atoms with Gasteiger partial charge in [0, 0.05) is 17.3 Å². The van der Waals surface area contributed by atoms with Crippen LogP contribution in [0.4, 0.5) is 10.5 Å². The number of urea groups is 1. The van der Waals surface area contributed by atoms with Crippen LogP contribution in [-0.4, -0.2) is 17.0 Å². The lowest BCUT2D eigenvalue weighted by Gasteiger charge is -2.07. The van der Waals surface area contributed by atoms with Crippen molar-refractivity contribution in [3.05, 3.63) is 47.3 Å². The summed E-state index contributed by atoms with van der Waals surface area (Å²) in [5.41, 5.74) is 1.87. The fraction of sp³-hybridized carbons (Fsp3) is 0.214. The highest BCUT2D eigenvalue weighted by atomic mass is 16.5. The number of Topliss-reactive ketones (excluding diaryl/α,β-unsaturated/α-hetero) is 1. The second kappa shape index (κ2) is 6.01. The van der Waals surface area contributed by atoms with Gasteiger partial charge in [0.15, 0.2) is 11.5 Å². The monoisotopic (exact) mass is 273 g/mol. The number of anilines is 1. The number of aryl methyl sites for hydroxylation is 1. The number of hydrogen-bond donors (Lipinski definition) is 2. The Bertz CT molecular complexity index is 634. The minimum atomic E-state index is -0.375. The van der Waals surface area contributed by atoms with Gasteiger partial charge in [-0.2, -0.15) is 0 Å². The summed E-state index contributed by atoms with van der Waals surface area (Å²) in [4.78, 5) is 23.0. The summed E-state index contributed by atoms with van der Waals surface area (Å²) in [6.07, 6.45) is 0. The summed E-state index contributed by atoms with van der Waals surface area (Å²) in [5.74, 6) is 0.529. The highest BCUT2D eigenvalue weighted by Gasteiger charge is 2.06. The molecule has 2 aromatic rings. The minimum absolute atomic E-state index is 0.0498. The van der Waals surface area contributed by atoms with Crippen molar-refractivity contribution in [1.82, 2.24) is 10.5 Å². The zero-order chi connectivity index (χ0) is 14.5. The molecule has 0 atom stereocenters. The molecule has 0 saturated carbocycles. The summed E-state index contributed by atoms with van der Waals surface area (Å²) in [6, 6.07) is 8.12. The molecular formula is C14H15N3O3. The van der Waals surface area contributed by atoms with Crippen molar-refractivity contribution in [3.8, 4) is 0 Å². The smallest absolute Gasteiger partial charge is 0.319 e. The average molecular weight is 273 g/mol. The van der Waals surface area contributed by atoms with Crippen molar-refractivity contribution in [2.24, 2.45) is 0 Å². The van der Waals surface area contributed by atoms with Gasteiger partial charge in [-0.15, -0.1) is 0 Å². The number of aromatic nitrogens is 1. The molecule has 0 aliphatic carbocycles. The Morgan fingerprint density at radius 2 is 2.10 bits per heavy atom. The van der Waals surface area contributed by atoms with Gasteiger partial charge in [-0.3, -0.25) is 4.79 Å². The van der Waals surface area contributed by atoms with Crippen molar-refractivity contribution in [3.63, 3.8) is 0 Å². The number of benzene rings is 1. The third kappa shape index (κ3) is 3.68. The Morgan fingerprint density at radius 3 is 2.75 bits per heavy atom. The number of carbonyl (C=O) groups excluding carboxylic acids is 2. The number of carbonyl (C=O) groups is 2. The molecule has 20 heavy (non-hydrogen) atoms. The molecule has 0 radical (unpaired) electrons. The highest BCUT2D eigenvalue weighted by molar-refractivity contribution is 5.96. The van der Waals surface area contributed by atoms with Crippen molar-refractivity contribution >= 4 is 17.5 Å². The average Bonchev–Trinajstić information content (AvgIpc) is 2.82. The van der Waals surface area contributed by atoms with E-state index >= 15 is 0 Å². The predicted molar refractivity (Wildman–Crippen MR) is 73.5 cm³/mol. The van der Waals surface area contributed by atoms with Gasteiger partial charge in [-0.1, -0.05) is 17.3 Å². The highest BCUT2D eigenvalue weighted by Crippen LogP contribution is 2.11. The Balaban J connectivity index is 1.91. The number of ketones is 1. The molecule has 1 aromatic carbocycles. The topological polar surface area (TPSA) is 84.2 Å². The van der Waals surface area contributed by atoms with Gasteiger partial charge in [0.05, 0.1) is 12.2 Å². The number of nitrogens with zero attached hydrogens (tertiary/aromatic N) is 1. The third-order valence-corrected chi connectivity index (χ3v) is 2.63. The molecular weight excluding hydrogens is 258 g/mol. The van der Waals surface area contributed by atoms with Gasteiger partial charge in [0.25, 0.3) is 0 Å². The molecule has 0 unspecified atom stereocenters. The van der Waals surface area contributed by atoms with E-state index in [1.807, 2.05) is 0 Å². The Hall–Kier alpha value is -2.63. The van der Waals surface area contributed by atoms with Gasteiger partial charge >= 0.3 is 6.03 Å². The van der Waals surface area contributed by atoms with Crippen LogP contribution >= 0.6 is 0 Å². The van der Waals surface area contributed by atoms with Gasteiger partial charge in [0.1, 0.15) is 0 Å². The van der Waals surface area contributed by atoms with Crippen LogP contribution in [0.5, 0.6) is 0 Å². The van der Waals surface area contributed by atoms with Crippen molar-refractivity contribution in [1.29, 1.82) is 0 Å². The number of hydrogen-bond acceptors (Lipinski definition) is 4. The summed E-state index contributed by atoms with van der Waals surface area (Å²) >= 11 is 0. The van der Waals surface area contributed by atoms with Crippen LogP contribution in [-0.2, 0) is 6.54 Å². The zero-order valence-electron chi connectivity index (χ0n) is 11.3. The van der Waals surface area contributed by atoms with Crippen LogP contribution in [0.3, 0.4) is 0 Å². The maximum Gasteiger partial charge on any atom is 0.319 e. The van der Waals surface area contributed by atoms with E-state index in [0.717, 1.165) is 5.69 Å². The van der Waals surface area contributed by atoms with Crippen LogP contribution in [0, 0.1) is 6.92 Å². The van der Waals surface area contributed by atoms with Gasteiger partial charge in [-0.05, 0) is 26.0 Å². The predicted octanol–water partition coefficient (Wildman–Crippen LogP) is 2.51. The molecule has 104 valence electrons. The fourth-order valence-electron chi connectivity index (χ4n) is 1.66. The van der Waals surface area contributed by atoms with Crippen molar-refractivity contribution in [2.45, 2.75) is 20.4 Å². The lowest BCUT2D eigenvalue weighted by molar-refractivity contribution is 0.101. The maximum atomic E-state index is 11.7. The molecule has 2 rings (SSSR count). The third-order valence-electron chi connectivity index (χ3n) is 2.63. The molecule has 6 heteroatoms. The van der Waals surface area contributed by atoms with E-state index in [1.165, 1.54) is 6.92 Å². The Morgan fingerprint density at radius 1 is 1.30 bits per heavy atom. The lowest BCUT2D eigenvalue weighted by Crippen LogP contribution is -2.28. The molecule has 2 N–H and O–H groups in total. The van der Waals surface area contributed by atoms with E-state index in [9.17, 15) is 9.59 Å². The van der Waals surface area contributed by atoms with Crippen LogP contribution in [0.15, 0.2) is 34.9 Å².